The van der Waals surface area contributed by atoms with Crippen LogP contribution in [0, 0.1) is 17.5 Å². The molecule has 9 heteroatoms. The van der Waals surface area contributed by atoms with Crippen LogP contribution in [0.5, 0.6) is 0 Å². The normalized spacial score (nSPS) is 11.6. The molecule has 0 bridgehead atoms. The molecule has 0 amide bonds. The Morgan fingerprint density at radius 3 is 2.62 bits per heavy atom. The number of aromatic amines is 1. The van der Waals surface area contributed by atoms with Crippen molar-refractivity contribution in [1.82, 2.24) is 10.2 Å². The van der Waals surface area contributed by atoms with Crippen molar-refractivity contribution >= 4 is 15.8 Å². The van der Waals surface area contributed by atoms with E-state index < -0.39 is 32.4 Å². The maximum Gasteiger partial charge on any atom is 0.266 e. The summed E-state index contributed by atoms with van der Waals surface area (Å²) < 4.78 is 65.4. The summed E-state index contributed by atoms with van der Waals surface area (Å²) in [4.78, 5) is -0.985. The molecule has 2 aromatic rings. The van der Waals surface area contributed by atoms with E-state index in [0.29, 0.717) is 24.2 Å². The van der Waals surface area contributed by atoms with Crippen LogP contribution in [0.3, 0.4) is 0 Å². The quantitative estimate of drug-likeness (QED) is 0.832. The maximum absolute atomic E-state index is 13.5. The summed E-state index contributed by atoms with van der Waals surface area (Å²) in [5, 5.41) is 6.32. The molecule has 1 aromatic carbocycles. The summed E-state index contributed by atoms with van der Waals surface area (Å²) >= 11 is 0. The molecule has 1 aromatic heterocycles. The molecule has 0 atom stereocenters. The van der Waals surface area contributed by atoms with Gasteiger partial charge in [0.2, 0.25) is 0 Å². The second kappa shape index (κ2) is 5.76. The lowest BCUT2D eigenvalue weighted by molar-refractivity contribution is 0.432. The lowest BCUT2D eigenvalue weighted by atomic mass is 10.2. The Hall–Kier alpha value is -2.03. The van der Waals surface area contributed by atoms with Crippen LogP contribution in [-0.2, 0) is 16.4 Å². The predicted molar refractivity (Wildman–Crippen MR) is 69.7 cm³/mol. The van der Waals surface area contributed by atoms with Crippen LogP contribution < -0.4 is 4.72 Å². The van der Waals surface area contributed by atoms with Gasteiger partial charge in [0.25, 0.3) is 10.0 Å². The summed E-state index contributed by atoms with van der Waals surface area (Å²) in [7, 11) is -4.40. The molecule has 114 valence electrons. The van der Waals surface area contributed by atoms with Gasteiger partial charge in [-0.3, -0.25) is 9.82 Å². The Balaban J connectivity index is 2.32. The second-order valence-corrected chi connectivity index (χ2v) is 5.96. The smallest absolute Gasteiger partial charge is 0.266 e. The molecule has 0 aliphatic rings. The van der Waals surface area contributed by atoms with E-state index in [2.05, 4.69) is 10.2 Å². The lowest BCUT2D eigenvalue weighted by Gasteiger charge is -2.07. The van der Waals surface area contributed by atoms with Crippen molar-refractivity contribution < 1.29 is 21.6 Å². The maximum atomic E-state index is 13.5. The van der Waals surface area contributed by atoms with Crippen molar-refractivity contribution in [1.29, 1.82) is 0 Å². The van der Waals surface area contributed by atoms with E-state index in [0.717, 1.165) is 6.42 Å². The van der Waals surface area contributed by atoms with Crippen LogP contribution in [0.25, 0.3) is 0 Å². The Morgan fingerprint density at radius 2 is 1.95 bits per heavy atom. The van der Waals surface area contributed by atoms with E-state index in [1.54, 1.807) is 0 Å². The summed E-state index contributed by atoms with van der Waals surface area (Å²) in [6.07, 6.45) is 1.49. The van der Waals surface area contributed by atoms with Crippen molar-refractivity contribution in [2.24, 2.45) is 0 Å². The number of benzene rings is 1. The van der Waals surface area contributed by atoms with Crippen LogP contribution in [0.1, 0.15) is 19.0 Å². The van der Waals surface area contributed by atoms with Crippen molar-refractivity contribution in [3.05, 3.63) is 41.3 Å². The highest BCUT2D eigenvalue weighted by molar-refractivity contribution is 7.92. The zero-order valence-corrected chi connectivity index (χ0v) is 11.8. The van der Waals surface area contributed by atoms with Crippen molar-refractivity contribution in [3.63, 3.8) is 0 Å². The second-order valence-electron chi connectivity index (χ2n) is 4.31. The molecule has 0 aliphatic carbocycles. The minimum atomic E-state index is -4.40. The van der Waals surface area contributed by atoms with Crippen LogP contribution >= 0.6 is 0 Å². The Bertz CT molecular complexity index is 759. The number of nitrogens with zero attached hydrogens (tertiary/aromatic N) is 1. The van der Waals surface area contributed by atoms with Crippen molar-refractivity contribution in [2.45, 2.75) is 24.7 Å². The van der Waals surface area contributed by atoms with Crippen LogP contribution in [0.2, 0.25) is 0 Å². The molecule has 0 saturated heterocycles. The fourth-order valence-electron chi connectivity index (χ4n) is 1.72. The molecule has 2 N–H and O–H groups in total. The largest absolute Gasteiger partial charge is 0.280 e. The van der Waals surface area contributed by atoms with Crippen LogP contribution in [0.15, 0.2) is 23.1 Å². The topological polar surface area (TPSA) is 74.8 Å². The number of sulfonamides is 1. The predicted octanol–water partition coefficient (Wildman–Crippen LogP) is 2.58. The van der Waals surface area contributed by atoms with Crippen molar-refractivity contribution in [2.75, 3.05) is 4.72 Å². The highest BCUT2D eigenvalue weighted by Gasteiger charge is 2.24. The molecular weight excluding hydrogens is 307 g/mol. The first kappa shape index (κ1) is 15.4. The monoisotopic (exact) mass is 319 g/mol. The molecule has 0 unspecified atom stereocenters. The molecule has 0 saturated carbocycles. The Kier molecular flexibility index (Phi) is 4.21. The van der Waals surface area contributed by atoms with Crippen molar-refractivity contribution in [3.8, 4) is 0 Å². The zero-order valence-electron chi connectivity index (χ0n) is 11.0. The number of halogens is 3. The molecule has 0 fully saturated rings. The van der Waals surface area contributed by atoms with Gasteiger partial charge in [0.15, 0.2) is 23.3 Å². The lowest BCUT2D eigenvalue weighted by Crippen LogP contribution is -2.16. The number of aromatic nitrogens is 2. The number of hydrogen-bond donors (Lipinski definition) is 2. The third kappa shape index (κ3) is 3.18. The summed E-state index contributed by atoms with van der Waals surface area (Å²) in [6.45, 7) is 1.93. The minimum absolute atomic E-state index is 0.0532. The van der Waals surface area contributed by atoms with Gasteiger partial charge in [0.1, 0.15) is 4.90 Å². The molecule has 0 spiro atoms. The molecule has 1 heterocycles. The first-order valence-corrected chi connectivity index (χ1v) is 7.54. The average molecular weight is 319 g/mol. The van der Waals surface area contributed by atoms with Gasteiger partial charge in [0.05, 0.1) is 0 Å². The minimum Gasteiger partial charge on any atom is -0.280 e. The number of rotatable bonds is 5. The summed E-state index contributed by atoms with van der Waals surface area (Å²) in [6, 6.07) is 2.63. The van der Waals surface area contributed by atoms with Gasteiger partial charge in [-0.15, -0.1) is 0 Å². The zero-order chi connectivity index (χ0) is 15.6. The Labute approximate surface area is 119 Å². The highest BCUT2D eigenvalue weighted by atomic mass is 32.2. The van der Waals surface area contributed by atoms with Gasteiger partial charge >= 0.3 is 0 Å². The molecule has 0 radical (unpaired) electrons. The highest BCUT2D eigenvalue weighted by Crippen LogP contribution is 2.22. The van der Waals surface area contributed by atoms with E-state index in [1.165, 1.54) is 6.07 Å². The van der Waals surface area contributed by atoms with Gasteiger partial charge in [0, 0.05) is 11.8 Å². The fourth-order valence-corrected chi connectivity index (χ4v) is 2.78. The van der Waals surface area contributed by atoms with E-state index >= 15 is 0 Å². The average Bonchev–Trinajstić information content (AvgIpc) is 2.82. The molecular formula is C12H12F3N3O2S. The number of nitrogens with one attached hydrogen (secondary N) is 2. The van der Waals surface area contributed by atoms with Crippen LogP contribution in [0.4, 0.5) is 19.0 Å². The molecule has 5 nitrogen and oxygen atoms in total. The third-order valence-corrected chi connectivity index (χ3v) is 4.05. The summed E-state index contributed by atoms with van der Waals surface area (Å²) in [5.74, 6) is -5.13. The third-order valence-electron chi connectivity index (χ3n) is 2.68. The number of H-pyrrole nitrogens is 1. The van der Waals surface area contributed by atoms with E-state index in [4.69, 9.17) is 0 Å². The SMILES string of the molecule is CCCc1cc(NS(=O)(=O)c2ccc(F)c(F)c2F)n[nH]1. The summed E-state index contributed by atoms with van der Waals surface area (Å²) in [5.41, 5.74) is 0.695. The first-order chi connectivity index (χ1) is 9.85. The van der Waals surface area contributed by atoms with Gasteiger partial charge in [-0.2, -0.15) is 5.10 Å². The molecule has 0 aliphatic heterocycles. The molecule has 21 heavy (non-hydrogen) atoms. The fraction of sp³-hybridized carbons (Fsp3) is 0.250. The number of anilines is 1. The van der Waals surface area contributed by atoms with Gasteiger partial charge in [-0.25, -0.2) is 21.6 Å². The number of hydrogen-bond acceptors (Lipinski definition) is 3. The van der Waals surface area contributed by atoms with Gasteiger partial charge < -0.3 is 0 Å². The van der Waals surface area contributed by atoms with E-state index in [-0.39, 0.29) is 5.82 Å². The number of aryl methyl sites for hydroxylation is 1. The van der Waals surface area contributed by atoms with E-state index in [9.17, 15) is 21.6 Å². The van der Waals surface area contributed by atoms with E-state index in [1.807, 2.05) is 11.6 Å². The van der Waals surface area contributed by atoms with Gasteiger partial charge in [-0.05, 0) is 18.6 Å². The standard InChI is InChI=1S/C12H12F3N3O2S/c1-2-3-7-6-10(17-16-7)18-21(19,20)9-5-4-8(13)11(14)12(9)15/h4-6H,2-3H2,1H3,(H2,16,17,18). The van der Waals surface area contributed by atoms with Crippen LogP contribution in [-0.4, -0.2) is 18.6 Å². The molecule has 2 rings (SSSR count). The van der Waals surface area contributed by atoms with Gasteiger partial charge in [-0.1, -0.05) is 13.3 Å². The Morgan fingerprint density at radius 1 is 1.24 bits per heavy atom. The first-order valence-electron chi connectivity index (χ1n) is 6.05.